The molecule has 0 aliphatic carbocycles. The molecule has 4 N–H and O–H groups in total. The normalized spacial score (nSPS) is 17.8. The van der Waals surface area contributed by atoms with Crippen LogP contribution in [0.25, 0.3) is 0 Å². The number of rotatable bonds is 2. The first-order valence-corrected chi connectivity index (χ1v) is 6.85. The molecule has 1 aromatic heterocycles. The molecule has 0 amide bonds. The van der Waals surface area contributed by atoms with Gasteiger partial charge in [-0.1, -0.05) is 13.8 Å². The van der Waals surface area contributed by atoms with Gasteiger partial charge in [-0.15, -0.1) is 0 Å². The van der Waals surface area contributed by atoms with Crippen LogP contribution in [-0.4, -0.2) is 48.1 Å². The van der Waals surface area contributed by atoms with Crippen molar-refractivity contribution in [3.63, 3.8) is 0 Å². The van der Waals surface area contributed by atoms with Crippen LogP contribution in [0.3, 0.4) is 0 Å². The number of aromatic nitrogens is 2. The van der Waals surface area contributed by atoms with Crippen LogP contribution in [-0.2, 0) is 0 Å². The molecule has 6 nitrogen and oxygen atoms in total. The summed E-state index contributed by atoms with van der Waals surface area (Å²) in [7, 11) is 2.15. The molecule has 0 radical (unpaired) electrons. The van der Waals surface area contributed by atoms with Gasteiger partial charge in [0.2, 0.25) is 5.95 Å². The van der Waals surface area contributed by atoms with Crippen molar-refractivity contribution in [3.8, 4) is 0 Å². The van der Waals surface area contributed by atoms with E-state index >= 15 is 0 Å². The van der Waals surface area contributed by atoms with E-state index in [0.29, 0.717) is 5.82 Å². The van der Waals surface area contributed by atoms with Gasteiger partial charge < -0.3 is 21.3 Å². The number of hydrogen-bond donors (Lipinski definition) is 2. The summed E-state index contributed by atoms with van der Waals surface area (Å²) in [6.07, 6.45) is 1.12. The Balaban J connectivity index is 2.37. The Bertz CT molecular complexity index is 445. The van der Waals surface area contributed by atoms with Crippen LogP contribution >= 0.6 is 0 Å². The number of likely N-dealkylation sites (N-methyl/N-ethyl adjacent to an activating group) is 1. The zero-order valence-electron chi connectivity index (χ0n) is 12.1. The molecule has 0 unspecified atom stereocenters. The summed E-state index contributed by atoms with van der Waals surface area (Å²) in [6.45, 7) is 8.30. The van der Waals surface area contributed by atoms with Crippen molar-refractivity contribution in [3.05, 3.63) is 5.56 Å². The SMILES string of the molecule is CC(C)c1c(N)nc(N)nc1N1CCCN(C)CC1. The van der Waals surface area contributed by atoms with E-state index in [2.05, 4.69) is 40.7 Å². The molecule has 6 heteroatoms. The van der Waals surface area contributed by atoms with Gasteiger partial charge in [0.25, 0.3) is 0 Å². The van der Waals surface area contributed by atoms with Crippen molar-refractivity contribution in [2.75, 3.05) is 49.6 Å². The molecule has 1 fully saturated rings. The molecule has 0 atom stereocenters. The summed E-state index contributed by atoms with van der Waals surface area (Å²) in [6, 6.07) is 0. The lowest BCUT2D eigenvalue weighted by molar-refractivity contribution is 0.360. The fraction of sp³-hybridized carbons (Fsp3) is 0.692. The van der Waals surface area contributed by atoms with Gasteiger partial charge in [-0.25, -0.2) is 0 Å². The molecule has 106 valence electrons. The van der Waals surface area contributed by atoms with Crippen LogP contribution < -0.4 is 16.4 Å². The fourth-order valence-electron chi connectivity index (χ4n) is 2.55. The standard InChI is InChI=1S/C13H24N6/c1-9(2)10-11(14)16-13(15)17-12(10)19-6-4-5-18(3)7-8-19/h9H,4-8H2,1-3H3,(H4,14,15,16,17). The summed E-state index contributed by atoms with van der Waals surface area (Å²) < 4.78 is 0. The largest absolute Gasteiger partial charge is 0.383 e. The van der Waals surface area contributed by atoms with E-state index < -0.39 is 0 Å². The molecule has 2 rings (SSSR count). The number of nitrogen functional groups attached to an aromatic ring is 2. The summed E-state index contributed by atoms with van der Waals surface area (Å²) in [5, 5.41) is 0. The fourth-order valence-corrected chi connectivity index (χ4v) is 2.55. The molecule has 1 aliphatic rings. The van der Waals surface area contributed by atoms with E-state index in [9.17, 15) is 0 Å². The van der Waals surface area contributed by atoms with E-state index in [4.69, 9.17) is 11.5 Å². The van der Waals surface area contributed by atoms with Gasteiger partial charge in [-0.05, 0) is 25.9 Å². The number of nitrogens with two attached hydrogens (primary N) is 2. The third-order valence-corrected chi connectivity index (χ3v) is 3.57. The number of nitrogens with zero attached hydrogens (tertiary/aromatic N) is 4. The van der Waals surface area contributed by atoms with Gasteiger partial charge in [0.1, 0.15) is 11.6 Å². The zero-order chi connectivity index (χ0) is 14.0. The minimum Gasteiger partial charge on any atom is -0.383 e. The Morgan fingerprint density at radius 3 is 2.47 bits per heavy atom. The molecular weight excluding hydrogens is 240 g/mol. The van der Waals surface area contributed by atoms with Crippen molar-refractivity contribution < 1.29 is 0 Å². The monoisotopic (exact) mass is 264 g/mol. The third kappa shape index (κ3) is 3.07. The van der Waals surface area contributed by atoms with E-state index in [0.717, 1.165) is 44.0 Å². The Morgan fingerprint density at radius 1 is 1.05 bits per heavy atom. The van der Waals surface area contributed by atoms with Crippen LogP contribution in [0.15, 0.2) is 0 Å². The zero-order valence-corrected chi connectivity index (χ0v) is 12.1. The third-order valence-electron chi connectivity index (χ3n) is 3.57. The van der Waals surface area contributed by atoms with Gasteiger partial charge >= 0.3 is 0 Å². The highest BCUT2D eigenvalue weighted by atomic mass is 15.3. The van der Waals surface area contributed by atoms with Crippen LogP contribution in [0, 0.1) is 0 Å². The Labute approximate surface area is 114 Å². The van der Waals surface area contributed by atoms with Crippen molar-refractivity contribution in [1.82, 2.24) is 14.9 Å². The Morgan fingerprint density at radius 2 is 1.79 bits per heavy atom. The molecule has 1 aliphatic heterocycles. The van der Waals surface area contributed by atoms with E-state index in [1.807, 2.05) is 0 Å². The molecule has 0 bridgehead atoms. The summed E-state index contributed by atoms with van der Waals surface area (Å²) in [5.74, 6) is 1.97. The highest BCUT2D eigenvalue weighted by Crippen LogP contribution is 2.31. The lowest BCUT2D eigenvalue weighted by Gasteiger charge is -2.26. The molecule has 1 saturated heterocycles. The summed E-state index contributed by atoms with van der Waals surface area (Å²) in [5.41, 5.74) is 12.8. The lowest BCUT2D eigenvalue weighted by Crippen LogP contribution is -2.31. The quantitative estimate of drug-likeness (QED) is 0.826. The first-order valence-electron chi connectivity index (χ1n) is 6.85. The predicted molar refractivity (Wildman–Crippen MR) is 79.3 cm³/mol. The molecule has 0 spiro atoms. The average molecular weight is 264 g/mol. The van der Waals surface area contributed by atoms with Crippen molar-refractivity contribution in [1.29, 1.82) is 0 Å². The smallest absolute Gasteiger partial charge is 0.223 e. The van der Waals surface area contributed by atoms with Crippen LogP contribution in [0.4, 0.5) is 17.6 Å². The highest BCUT2D eigenvalue weighted by Gasteiger charge is 2.21. The van der Waals surface area contributed by atoms with Crippen molar-refractivity contribution in [2.45, 2.75) is 26.2 Å². The average Bonchev–Trinajstić information content (AvgIpc) is 2.52. The lowest BCUT2D eigenvalue weighted by atomic mass is 10.0. The second-order valence-corrected chi connectivity index (χ2v) is 5.50. The van der Waals surface area contributed by atoms with E-state index in [1.165, 1.54) is 0 Å². The van der Waals surface area contributed by atoms with Gasteiger partial charge in [0.05, 0.1) is 0 Å². The van der Waals surface area contributed by atoms with Crippen molar-refractivity contribution >= 4 is 17.6 Å². The Kier molecular flexibility index (Phi) is 4.09. The highest BCUT2D eigenvalue weighted by molar-refractivity contribution is 5.61. The van der Waals surface area contributed by atoms with Crippen LogP contribution in [0.1, 0.15) is 31.7 Å². The maximum Gasteiger partial charge on any atom is 0.223 e. The number of anilines is 3. The van der Waals surface area contributed by atoms with E-state index in [-0.39, 0.29) is 11.9 Å². The molecule has 0 aromatic carbocycles. The Hall–Kier alpha value is -1.56. The maximum atomic E-state index is 6.03. The first kappa shape index (κ1) is 13.9. The maximum absolute atomic E-state index is 6.03. The molecule has 1 aromatic rings. The minimum atomic E-state index is 0.259. The minimum absolute atomic E-state index is 0.259. The first-order chi connectivity index (χ1) is 8.99. The van der Waals surface area contributed by atoms with E-state index in [1.54, 1.807) is 0 Å². The van der Waals surface area contributed by atoms with Gasteiger partial charge in [0.15, 0.2) is 0 Å². The second kappa shape index (κ2) is 5.61. The summed E-state index contributed by atoms with van der Waals surface area (Å²) in [4.78, 5) is 13.2. The van der Waals surface area contributed by atoms with Gasteiger partial charge in [0, 0.05) is 25.2 Å². The topological polar surface area (TPSA) is 84.3 Å². The van der Waals surface area contributed by atoms with Crippen LogP contribution in [0.2, 0.25) is 0 Å². The van der Waals surface area contributed by atoms with Crippen LogP contribution in [0.5, 0.6) is 0 Å². The molecular formula is C13H24N6. The number of hydrogen-bond acceptors (Lipinski definition) is 6. The van der Waals surface area contributed by atoms with Gasteiger partial charge in [-0.3, -0.25) is 0 Å². The molecule has 2 heterocycles. The second-order valence-electron chi connectivity index (χ2n) is 5.50. The summed E-state index contributed by atoms with van der Waals surface area (Å²) >= 11 is 0. The molecule has 19 heavy (non-hydrogen) atoms. The van der Waals surface area contributed by atoms with Crippen molar-refractivity contribution in [2.24, 2.45) is 0 Å². The van der Waals surface area contributed by atoms with Gasteiger partial charge in [-0.2, -0.15) is 9.97 Å². The predicted octanol–water partition coefficient (Wildman–Crippen LogP) is 0.906. The molecule has 0 saturated carbocycles.